The first-order valence-electron chi connectivity index (χ1n) is 9.43. The molecule has 2 N–H and O–H groups in total. The Hall–Kier alpha value is -1.55. The SMILES string of the molecule is CC[C@@]12c3c4ccc(O)c3OC1C(=O)CCC2C(NCC1CC1)C4. The number of phenols is 1. The number of carbonyl (C=O) groups excluding carboxylic acids is 1. The van der Waals surface area contributed by atoms with Gasteiger partial charge in [-0.25, -0.2) is 0 Å². The van der Waals surface area contributed by atoms with Gasteiger partial charge in [0.2, 0.25) is 0 Å². The number of hydrogen-bond donors (Lipinski definition) is 2. The lowest BCUT2D eigenvalue weighted by Gasteiger charge is -2.50. The van der Waals surface area contributed by atoms with Gasteiger partial charge in [0.25, 0.3) is 0 Å². The van der Waals surface area contributed by atoms with Crippen LogP contribution in [0.2, 0.25) is 0 Å². The summed E-state index contributed by atoms with van der Waals surface area (Å²) < 4.78 is 6.10. The van der Waals surface area contributed by atoms with Gasteiger partial charge in [0.1, 0.15) is 0 Å². The van der Waals surface area contributed by atoms with Gasteiger partial charge in [-0.1, -0.05) is 13.0 Å². The molecule has 0 radical (unpaired) electrons. The van der Waals surface area contributed by atoms with Crippen molar-refractivity contribution in [3.8, 4) is 11.5 Å². The molecule has 1 heterocycles. The Labute approximate surface area is 142 Å². The van der Waals surface area contributed by atoms with Gasteiger partial charge in [-0.15, -0.1) is 0 Å². The summed E-state index contributed by atoms with van der Waals surface area (Å²) in [5.41, 5.74) is 2.14. The molecule has 2 saturated carbocycles. The lowest BCUT2D eigenvalue weighted by atomic mass is 9.53. The molecule has 5 rings (SSSR count). The minimum absolute atomic E-state index is 0.187. The van der Waals surface area contributed by atoms with E-state index in [-0.39, 0.29) is 16.9 Å². The highest BCUT2D eigenvalue weighted by atomic mass is 16.5. The summed E-state index contributed by atoms with van der Waals surface area (Å²) in [5, 5.41) is 14.1. The van der Waals surface area contributed by atoms with Crippen molar-refractivity contribution < 1.29 is 14.6 Å². The Kier molecular flexibility index (Phi) is 3.06. The standard InChI is InChI=1S/C20H25NO3/c1-2-20-13-6-8-16(23)19(20)24-18-15(22)7-5-12(17(18)20)9-14(13)21-10-11-3-4-11/h5,7,11,13-14,19,21-22H,2-4,6,8-10H2,1H3/t13?,14?,19?,20-/m1/s1. The third-order valence-corrected chi connectivity index (χ3v) is 6.92. The fraction of sp³-hybridized carbons (Fsp3) is 0.650. The van der Waals surface area contributed by atoms with Crippen molar-refractivity contribution in [2.45, 2.75) is 63.0 Å². The van der Waals surface area contributed by atoms with Crippen LogP contribution in [0.25, 0.3) is 0 Å². The van der Waals surface area contributed by atoms with E-state index in [4.69, 9.17) is 4.74 Å². The lowest BCUT2D eigenvalue weighted by Crippen LogP contribution is -2.60. The molecule has 4 nitrogen and oxygen atoms in total. The predicted octanol–water partition coefficient (Wildman–Crippen LogP) is 2.70. The van der Waals surface area contributed by atoms with Crippen molar-refractivity contribution in [1.29, 1.82) is 0 Å². The molecule has 0 bridgehead atoms. The smallest absolute Gasteiger partial charge is 0.174 e. The third-order valence-electron chi connectivity index (χ3n) is 6.92. The highest BCUT2D eigenvalue weighted by molar-refractivity contribution is 5.89. The molecule has 1 aliphatic heterocycles. The van der Waals surface area contributed by atoms with Crippen LogP contribution in [0.1, 0.15) is 50.2 Å². The van der Waals surface area contributed by atoms with Crippen LogP contribution in [-0.4, -0.2) is 29.6 Å². The van der Waals surface area contributed by atoms with E-state index in [2.05, 4.69) is 12.2 Å². The topological polar surface area (TPSA) is 58.6 Å². The van der Waals surface area contributed by atoms with Crippen molar-refractivity contribution in [2.24, 2.45) is 11.8 Å². The third kappa shape index (κ3) is 1.81. The predicted molar refractivity (Wildman–Crippen MR) is 90.4 cm³/mol. The first-order chi connectivity index (χ1) is 11.6. The minimum atomic E-state index is -0.408. The van der Waals surface area contributed by atoms with Crippen molar-refractivity contribution in [1.82, 2.24) is 5.32 Å². The highest BCUT2D eigenvalue weighted by Crippen LogP contribution is 2.60. The largest absolute Gasteiger partial charge is 0.504 e. The average molecular weight is 327 g/mol. The summed E-state index contributed by atoms with van der Waals surface area (Å²) in [4.78, 5) is 12.7. The minimum Gasteiger partial charge on any atom is -0.504 e. The van der Waals surface area contributed by atoms with E-state index in [1.54, 1.807) is 6.07 Å². The van der Waals surface area contributed by atoms with E-state index in [0.29, 0.717) is 24.1 Å². The summed E-state index contributed by atoms with van der Waals surface area (Å²) in [5.74, 6) is 2.24. The second-order valence-electron chi connectivity index (χ2n) is 8.11. The van der Waals surface area contributed by atoms with Crippen LogP contribution in [0, 0.1) is 11.8 Å². The van der Waals surface area contributed by atoms with E-state index < -0.39 is 6.10 Å². The molecule has 3 aliphatic carbocycles. The second kappa shape index (κ2) is 4.98. The Morgan fingerprint density at radius 1 is 1.33 bits per heavy atom. The van der Waals surface area contributed by atoms with Crippen LogP contribution in [0.4, 0.5) is 0 Å². The fourth-order valence-corrected chi connectivity index (χ4v) is 5.60. The molecule has 0 spiro atoms. The van der Waals surface area contributed by atoms with Crippen molar-refractivity contribution >= 4 is 5.78 Å². The number of benzene rings is 1. The van der Waals surface area contributed by atoms with Gasteiger partial charge in [0.05, 0.1) is 0 Å². The zero-order valence-corrected chi connectivity index (χ0v) is 14.2. The molecule has 0 saturated heterocycles. The number of ether oxygens (including phenoxy) is 1. The van der Waals surface area contributed by atoms with Crippen molar-refractivity contribution in [3.05, 3.63) is 23.3 Å². The van der Waals surface area contributed by atoms with Gasteiger partial charge in [-0.3, -0.25) is 4.79 Å². The number of aromatic hydroxyl groups is 1. The van der Waals surface area contributed by atoms with Gasteiger partial charge in [-0.05, 0) is 62.1 Å². The van der Waals surface area contributed by atoms with Crippen molar-refractivity contribution in [2.75, 3.05) is 6.54 Å². The Morgan fingerprint density at radius 2 is 2.17 bits per heavy atom. The molecule has 4 atom stereocenters. The average Bonchev–Trinajstić information content (AvgIpc) is 3.34. The number of ketones is 1. The zero-order valence-electron chi connectivity index (χ0n) is 14.2. The van der Waals surface area contributed by atoms with Crippen LogP contribution in [0.5, 0.6) is 11.5 Å². The number of phenolic OH excluding ortho intramolecular Hbond substituents is 1. The lowest BCUT2D eigenvalue weighted by molar-refractivity contribution is -0.134. The maximum Gasteiger partial charge on any atom is 0.174 e. The molecular weight excluding hydrogens is 302 g/mol. The number of carbonyl (C=O) groups is 1. The van der Waals surface area contributed by atoms with Crippen LogP contribution in [0.15, 0.2) is 12.1 Å². The molecular formula is C20H25NO3. The molecule has 3 unspecified atom stereocenters. The van der Waals surface area contributed by atoms with Gasteiger partial charge in [-0.2, -0.15) is 0 Å². The Morgan fingerprint density at radius 3 is 2.92 bits per heavy atom. The molecule has 2 fully saturated rings. The Bertz CT molecular complexity index is 711. The number of hydrogen-bond acceptors (Lipinski definition) is 4. The fourth-order valence-electron chi connectivity index (χ4n) is 5.60. The first-order valence-corrected chi connectivity index (χ1v) is 9.43. The molecule has 24 heavy (non-hydrogen) atoms. The summed E-state index contributed by atoms with van der Waals surface area (Å²) in [7, 11) is 0. The first kappa shape index (κ1) is 14.8. The van der Waals surface area contributed by atoms with E-state index in [0.717, 1.165) is 37.3 Å². The number of Topliss-reactive ketones (excluding diaryl/α,β-unsaturated/α-hetero) is 1. The second-order valence-corrected chi connectivity index (χ2v) is 8.11. The van der Waals surface area contributed by atoms with Gasteiger partial charge in [0, 0.05) is 23.4 Å². The molecule has 128 valence electrons. The van der Waals surface area contributed by atoms with Gasteiger partial charge in [0.15, 0.2) is 23.4 Å². The quantitative estimate of drug-likeness (QED) is 0.893. The molecule has 0 aromatic heterocycles. The highest BCUT2D eigenvalue weighted by Gasteiger charge is 2.62. The maximum atomic E-state index is 12.7. The van der Waals surface area contributed by atoms with Crippen LogP contribution < -0.4 is 10.1 Å². The van der Waals surface area contributed by atoms with Crippen molar-refractivity contribution in [3.63, 3.8) is 0 Å². The molecule has 0 amide bonds. The van der Waals surface area contributed by atoms with Gasteiger partial charge >= 0.3 is 0 Å². The Balaban J connectivity index is 1.63. The zero-order chi connectivity index (χ0) is 16.5. The number of rotatable bonds is 4. The van der Waals surface area contributed by atoms with E-state index in [9.17, 15) is 9.90 Å². The van der Waals surface area contributed by atoms with E-state index >= 15 is 0 Å². The molecule has 4 aliphatic rings. The summed E-state index contributed by atoms with van der Waals surface area (Å²) >= 11 is 0. The van der Waals surface area contributed by atoms with Crippen LogP contribution in [0.3, 0.4) is 0 Å². The maximum absolute atomic E-state index is 12.7. The summed E-state index contributed by atoms with van der Waals surface area (Å²) in [6, 6.07) is 4.18. The van der Waals surface area contributed by atoms with E-state index in [1.165, 1.54) is 18.4 Å². The van der Waals surface area contributed by atoms with Gasteiger partial charge < -0.3 is 15.2 Å². The number of nitrogens with one attached hydrogen (secondary N) is 1. The molecule has 4 heteroatoms. The van der Waals surface area contributed by atoms with E-state index in [1.807, 2.05) is 6.07 Å². The van der Waals surface area contributed by atoms with Crippen LogP contribution >= 0.6 is 0 Å². The van der Waals surface area contributed by atoms with Crippen LogP contribution in [-0.2, 0) is 16.6 Å². The molecule has 1 aromatic carbocycles. The molecule has 1 aromatic rings. The monoisotopic (exact) mass is 327 g/mol. The summed E-state index contributed by atoms with van der Waals surface area (Å²) in [6.45, 7) is 3.27. The normalized spacial score (nSPS) is 36.4. The summed E-state index contributed by atoms with van der Waals surface area (Å²) in [6.07, 6.45) is 5.69.